The van der Waals surface area contributed by atoms with Crippen molar-refractivity contribution in [2.75, 3.05) is 19.8 Å². The molecular weight excluding hydrogens is 258 g/mol. The van der Waals surface area contributed by atoms with E-state index in [1.165, 1.54) is 31.2 Å². The third kappa shape index (κ3) is 3.49. The molecule has 1 aliphatic heterocycles. The lowest BCUT2D eigenvalue weighted by Gasteiger charge is -2.46. The highest BCUT2D eigenvalue weighted by Gasteiger charge is 2.41. The van der Waals surface area contributed by atoms with Gasteiger partial charge in [0, 0.05) is 24.7 Å². The molecule has 0 saturated carbocycles. The molecule has 118 valence electrons. The molecule has 2 nitrogen and oxygen atoms in total. The number of ether oxygens (including phenoxy) is 1. The SMILES string of the molecule is CCNC(C1CCOCC1)C(CC)(CC)c1ccccc1. The van der Waals surface area contributed by atoms with Crippen molar-refractivity contribution >= 4 is 0 Å². The van der Waals surface area contributed by atoms with E-state index >= 15 is 0 Å². The summed E-state index contributed by atoms with van der Waals surface area (Å²) in [4.78, 5) is 0. The first-order chi connectivity index (χ1) is 10.3. The van der Waals surface area contributed by atoms with Gasteiger partial charge in [0.25, 0.3) is 0 Å². The summed E-state index contributed by atoms with van der Waals surface area (Å²) >= 11 is 0. The molecule has 1 aromatic rings. The second kappa shape index (κ2) is 7.95. The molecule has 1 N–H and O–H groups in total. The van der Waals surface area contributed by atoms with Crippen LogP contribution in [0.2, 0.25) is 0 Å². The minimum atomic E-state index is 0.235. The summed E-state index contributed by atoms with van der Waals surface area (Å²) in [7, 11) is 0. The van der Waals surface area contributed by atoms with Crippen LogP contribution in [0.4, 0.5) is 0 Å². The fourth-order valence-corrected chi connectivity index (χ4v) is 4.13. The van der Waals surface area contributed by atoms with E-state index in [1.54, 1.807) is 0 Å². The maximum atomic E-state index is 5.59. The molecule has 0 spiro atoms. The highest BCUT2D eigenvalue weighted by molar-refractivity contribution is 5.28. The van der Waals surface area contributed by atoms with Crippen molar-refractivity contribution in [1.29, 1.82) is 0 Å². The molecule has 1 fully saturated rings. The molecule has 0 aromatic heterocycles. The molecule has 1 aromatic carbocycles. The Morgan fingerprint density at radius 1 is 1.10 bits per heavy atom. The zero-order chi connectivity index (χ0) is 15.1. The van der Waals surface area contributed by atoms with E-state index < -0.39 is 0 Å². The van der Waals surface area contributed by atoms with Crippen LogP contribution in [0, 0.1) is 5.92 Å². The molecule has 0 amide bonds. The van der Waals surface area contributed by atoms with Gasteiger partial charge in [-0.3, -0.25) is 0 Å². The number of nitrogens with one attached hydrogen (secondary N) is 1. The smallest absolute Gasteiger partial charge is 0.0469 e. The summed E-state index contributed by atoms with van der Waals surface area (Å²) in [5.74, 6) is 0.721. The first-order valence-electron chi connectivity index (χ1n) is 8.65. The van der Waals surface area contributed by atoms with Gasteiger partial charge in [0.2, 0.25) is 0 Å². The Hall–Kier alpha value is -0.860. The molecule has 1 saturated heterocycles. The second-order valence-electron chi connectivity index (χ2n) is 6.21. The van der Waals surface area contributed by atoms with E-state index in [-0.39, 0.29) is 5.41 Å². The Labute approximate surface area is 130 Å². The topological polar surface area (TPSA) is 21.3 Å². The van der Waals surface area contributed by atoms with Gasteiger partial charge >= 0.3 is 0 Å². The van der Waals surface area contributed by atoms with Gasteiger partial charge in [0.05, 0.1) is 0 Å². The zero-order valence-corrected chi connectivity index (χ0v) is 13.9. The fraction of sp³-hybridized carbons (Fsp3) is 0.684. The summed E-state index contributed by atoms with van der Waals surface area (Å²) in [5.41, 5.74) is 1.73. The van der Waals surface area contributed by atoms with Crippen molar-refractivity contribution in [2.45, 2.75) is 57.9 Å². The molecule has 21 heavy (non-hydrogen) atoms. The number of hydrogen-bond acceptors (Lipinski definition) is 2. The third-order valence-electron chi connectivity index (χ3n) is 5.37. The molecule has 1 aliphatic rings. The third-order valence-corrected chi connectivity index (χ3v) is 5.37. The highest BCUT2D eigenvalue weighted by atomic mass is 16.5. The first kappa shape index (κ1) is 16.5. The molecular formula is C19H31NO. The number of hydrogen-bond donors (Lipinski definition) is 1. The molecule has 0 aliphatic carbocycles. The predicted molar refractivity (Wildman–Crippen MR) is 89.7 cm³/mol. The molecule has 0 radical (unpaired) electrons. The Morgan fingerprint density at radius 3 is 2.24 bits per heavy atom. The normalized spacial score (nSPS) is 18.6. The summed E-state index contributed by atoms with van der Waals surface area (Å²) in [5, 5.41) is 3.84. The Balaban J connectivity index is 2.35. The average Bonchev–Trinajstić information content (AvgIpc) is 2.57. The molecule has 2 heteroatoms. The van der Waals surface area contributed by atoms with Crippen LogP contribution >= 0.6 is 0 Å². The van der Waals surface area contributed by atoms with E-state index in [4.69, 9.17) is 4.74 Å². The number of benzene rings is 1. The van der Waals surface area contributed by atoms with Crippen LogP contribution in [0.3, 0.4) is 0 Å². The lowest BCUT2D eigenvalue weighted by molar-refractivity contribution is 0.0378. The van der Waals surface area contributed by atoms with E-state index in [1.807, 2.05) is 0 Å². The van der Waals surface area contributed by atoms with Gasteiger partial charge in [-0.05, 0) is 43.7 Å². The molecule has 1 heterocycles. The van der Waals surface area contributed by atoms with Crippen LogP contribution in [0.25, 0.3) is 0 Å². The van der Waals surface area contributed by atoms with Crippen molar-refractivity contribution in [3.8, 4) is 0 Å². The van der Waals surface area contributed by atoms with Crippen molar-refractivity contribution < 1.29 is 4.74 Å². The van der Waals surface area contributed by atoms with Crippen molar-refractivity contribution in [3.63, 3.8) is 0 Å². The summed E-state index contributed by atoms with van der Waals surface area (Å²) < 4.78 is 5.59. The van der Waals surface area contributed by atoms with Gasteiger partial charge in [0.15, 0.2) is 0 Å². The molecule has 1 unspecified atom stereocenters. The van der Waals surface area contributed by atoms with Crippen molar-refractivity contribution in [2.24, 2.45) is 5.92 Å². The maximum absolute atomic E-state index is 5.59. The molecule has 1 atom stereocenters. The quantitative estimate of drug-likeness (QED) is 0.814. The predicted octanol–water partition coefficient (Wildman–Crippen LogP) is 4.15. The Morgan fingerprint density at radius 2 is 1.71 bits per heavy atom. The van der Waals surface area contributed by atoms with Gasteiger partial charge in [-0.1, -0.05) is 51.1 Å². The van der Waals surface area contributed by atoms with Gasteiger partial charge in [-0.25, -0.2) is 0 Å². The molecule has 0 bridgehead atoms. The molecule has 2 rings (SSSR count). The van der Waals surface area contributed by atoms with E-state index in [0.717, 1.165) is 25.7 Å². The van der Waals surface area contributed by atoms with Gasteiger partial charge in [-0.15, -0.1) is 0 Å². The minimum Gasteiger partial charge on any atom is -0.381 e. The van der Waals surface area contributed by atoms with E-state index in [2.05, 4.69) is 56.4 Å². The van der Waals surface area contributed by atoms with Crippen LogP contribution in [0.5, 0.6) is 0 Å². The highest BCUT2D eigenvalue weighted by Crippen LogP contribution is 2.40. The van der Waals surface area contributed by atoms with Gasteiger partial charge in [0.1, 0.15) is 0 Å². The van der Waals surface area contributed by atoms with Crippen LogP contribution < -0.4 is 5.32 Å². The average molecular weight is 289 g/mol. The standard InChI is InChI=1S/C19H31NO/c1-4-19(5-2,17-10-8-7-9-11-17)18(20-6-3)16-12-14-21-15-13-16/h7-11,16,18,20H,4-6,12-15H2,1-3H3. The first-order valence-corrected chi connectivity index (χ1v) is 8.65. The number of rotatable bonds is 7. The second-order valence-corrected chi connectivity index (χ2v) is 6.21. The maximum Gasteiger partial charge on any atom is 0.0469 e. The number of likely N-dealkylation sites (N-methyl/N-ethyl adjacent to an activating group) is 1. The van der Waals surface area contributed by atoms with Gasteiger partial charge < -0.3 is 10.1 Å². The van der Waals surface area contributed by atoms with E-state index in [9.17, 15) is 0 Å². The van der Waals surface area contributed by atoms with Gasteiger partial charge in [-0.2, -0.15) is 0 Å². The van der Waals surface area contributed by atoms with Crippen molar-refractivity contribution in [1.82, 2.24) is 5.32 Å². The lowest BCUT2D eigenvalue weighted by Crippen LogP contribution is -2.53. The Bertz CT molecular complexity index is 393. The van der Waals surface area contributed by atoms with Crippen LogP contribution in [-0.2, 0) is 10.2 Å². The summed E-state index contributed by atoms with van der Waals surface area (Å²) in [6.45, 7) is 9.81. The fourth-order valence-electron chi connectivity index (χ4n) is 4.13. The summed E-state index contributed by atoms with van der Waals surface area (Å²) in [6.07, 6.45) is 4.74. The van der Waals surface area contributed by atoms with Crippen LogP contribution in [-0.4, -0.2) is 25.8 Å². The Kier molecular flexibility index (Phi) is 6.25. The summed E-state index contributed by atoms with van der Waals surface area (Å²) in [6, 6.07) is 11.7. The monoisotopic (exact) mass is 289 g/mol. The van der Waals surface area contributed by atoms with Crippen molar-refractivity contribution in [3.05, 3.63) is 35.9 Å². The minimum absolute atomic E-state index is 0.235. The largest absolute Gasteiger partial charge is 0.381 e. The van der Waals surface area contributed by atoms with Crippen LogP contribution in [0.1, 0.15) is 52.0 Å². The lowest BCUT2D eigenvalue weighted by atomic mass is 9.65. The zero-order valence-electron chi connectivity index (χ0n) is 13.9. The van der Waals surface area contributed by atoms with E-state index in [0.29, 0.717) is 6.04 Å². The van der Waals surface area contributed by atoms with Crippen LogP contribution in [0.15, 0.2) is 30.3 Å².